The minimum Gasteiger partial charge on any atom is -0.490 e. The van der Waals surface area contributed by atoms with Crippen molar-refractivity contribution in [2.45, 2.75) is 27.4 Å². The van der Waals surface area contributed by atoms with Gasteiger partial charge in [0.05, 0.1) is 11.5 Å². The average molecular weight is 472 g/mol. The molecule has 8 heteroatoms. The molecule has 35 heavy (non-hydrogen) atoms. The Hall–Kier alpha value is -4.64. The second-order valence-electron chi connectivity index (χ2n) is 7.74. The summed E-state index contributed by atoms with van der Waals surface area (Å²) in [5, 5.41) is 23.2. The molecule has 0 fully saturated rings. The van der Waals surface area contributed by atoms with Gasteiger partial charge in [0.1, 0.15) is 18.2 Å². The van der Waals surface area contributed by atoms with Crippen molar-refractivity contribution in [3.63, 3.8) is 0 Å². The Morgan fingerprint density at radius 2 is 1.74 bits per heavy atom. The molecule has 0 aliphatic heterocycles. The van der Waals surface area contributed by atoms with E-state index >= 15 is 0 Å². The average Bonchev–Trinajstić information content (AvgIpc) is 2.84. The van der Waals surface area contributed by atoms with E-state index in [-0.39, 0.29) is 17.9 Å². The van der Waals surface area contributed by atoms with Crippen LogP contribution in [0.1, 0.15) is 29.2 Å². The van der Waals surface area contributed by atoms with Gasteiger partial charge in [0.15, 0.2) is 11.5 Å². The number of nitriles is 1. The third-order valence-corrected chi connectivity index (χ3v) is 5.20. The topological polar surface area (TPSA) is 114 Å². The highest BCUT2D eigenvalue weighted by Gasteiger charge is 2.14. The van der Waals surface area contributed by atoms with Crippen molar-refractivity contribution in [3.05, 3.63) is 98.6 Å². The van der Waals surface area contributed by atoms with Gasteiger partial charge in [-0.25, -0.2) is 0 Å². The van der Waals surface area contributed by atoms with Crippen LogP contribution in [0.2, 0.25) is 0 Å². The van der Waals surface area contributed by atoms with E-state index in [2.05, 4.69) is 5.32 Å². The molecule has 0 aliphatic carbocycles. The molecule has 3 aromatic carbocycles. The Kier molecular flexibility index (Phi) is 8.20. The fourth-order valence-corrected chi connectivity index (χ4v) is 3.38. The molecule has 3 rings (SSSR count). The molecule has 0 saturated carbocycles. The molecule has 3 aromatic rings. The van der Waals surface area contributed by atoms with Crippen LogP contribution >= 0.6 is 0 Å². The molecule has 1 amide bonds. The van der Waals surface area contributed by atoms with Gasteiger partial charge in [0.25, 0.3) is 11.6 Å². The summed E-state index contributed by atoms with van der Waals surface area (Å²) in [5.74, 6) is 0.429. The molecule has 1 N–H and O–H groups in total. The minimum absolute atomic E-state index is 0.00909. The van der Waals surface area contributed by atoms with Crippen LogP contribution < -0.4 is 14.8 Å². The van der Waals surface area contributed by atoms with E-state index in [1.54, 1.807) is 30.3 Å². The first-order valence-electron chi connectivity index (χ1n) is 10.9. The van der Waals surface area contributed by atoms with Crippen LogP contribution in [0.25, 0.3) is 6.08 Å². The molecule has 0 aromatic heterocycles. The molecule has 178 valence electrons. The van der Waals surface area contributed by atoms with Gasteiger partial charge in [-0.05, 0) is 73.4 Å². The summed E-state index contributed by atoms with van der Waals surface area (Å²) in [5.41, 5.74) is 3.82. The summed E-state index contributed by atoms with van der Waals surface area (Å²) in [4.78, 5) is 23.1. The first-order chi connectivity index (χ1) is 16.8. The van der Waals surface area contributed by atoms with Gasteiger partial charge < -0.3 is 14.8 Å². The van der Waals surface area contributed by atoms with E-state index in [0.717, 1.165) is 16.7 Å². The van der Waals surface area contributed by atoms with E-state index in [9.17, 15) is 20.2 Å². The number of benzene rings is 3. The van der Waals surface area contributed by atoms with E-state index in [0.29, 0.717) is 29.4 Å². The van der Waals surface area contributed by atoms with Gasteiger partial charge >= 0.3 is 0 Å². The molecule has 0 heterocycles. The summed E-state index contributed by atoms with van der Waals surface area (Å²) < 4.78 is 11.5. The number of hydrogen-bond donors (Lipinski definition) is 1. The van der Waals surface area contributed by atoms with Gasteiger partial charge in [0, 0.05) is 17.8 Å². The highest BCUT2D eigenvalue weighted by Crippen LogP contribution is 2.30. The Balaban J connectivity index is 1.78. The number of hydrogen-bond acceptors (Lipinski definition) is 6. The molecule has 0 atom stereocenters. The number of para-hydroxylation sites is 1. The first kappa shape index (κ1) is 25.0. The highest BCUT2D eigenvalue weighted by molar-refractivity contribution is 6.10. The maximum absolute atomic E-state index is 12.8. The molecular formula is C27H25N3O5. The quantitative estimate of drug-likeness (QED) is 0.184. The van der Waals surface area contributed by atoms with Gasteiger partial charge in [0.2, 0.25) is 0 Å². The van der Waals surface area contributed by atoms with Crippen LogP contribution in [0.15, 0.2) is 66.2 Å². The van der Waals surface area contributed by atoms with Gasteiger partial charge in [-0.3, -0.25) is 14.9 Å². The number of aryl methyl sites for hydroxylation is 2. The molecule has 0 saturated heterocycles. The van der Waals surface area contributed by atoms with Crippen LogP contribution in [0.5, 0.6) is 11.5 Å². The third-order valence-electron chi connectivity index (χ3n) is 5.20. The summed E-state index contributed by atoms with van der Waals surface area (Å²) in [6.07, 6.45) is 1.49. The van der Waals surface area contributed by atoms with Crippen LogP contribution in [0, 0.1) is 35.3 Å². The lowest BCUT2D eigenvalue weighted by atomic mass is 10.1. The number of anilines is 1. The van der Waals surface area contributed by atoms with Crippen molar-refractivity contribution in [2.24, 2.45) is 0 Å². The molecule has 0 radical (unpaired) electrons. The number of nitro benzene ring substituents is 1. The van der Waals surface area contributed by atoms with Crippen molar-refractivity contribution in [3.8, 4) is 17.6 Å². The largest absolute Gasteiger partial charge is 0.490 e. The smallest absolute Gasteiger partial charge is 0.269 e. The van der Waals surface area contributed by atoms with E-state index in [1.807, 2.05) is 45.0 Å². The lowest BCUT2D eigenvalue weighted by molar-refractivity contribution is -0.384. The summed E-state index contributed by atoms with van der Waals surface area (Å²) in [7, 11) is 0. The zero-order valence-electron chi connectivity index (χ0n) is 19.7. The highest BCUT2D eigenvalue weighted by atomic mass is 16.6. The lowest BCUT2D eigenvalue weighted by Crippen LogP contribution is -2.15. The van der Waals surface area contributed by atoms with Crippen molar-refractivity contribution < 1.29 is 19.2 Å². The number of ether oxygens (including phenoxy) is 2. The van der Waals surface area contributed by atoms with Crippen LogP contribution in [0.3, 0.4) is 0 Å². The number of carbonyl (C=O) groups is 1. The summed E-state index contributed by atoms with van der Waals surface area (Å²) >= 11 is 0. The standard InChI is InChI=1S/C27H25N3O5/c1-4-34-25-15-21(10-13-24(25)35-17-20-8-11-23(12-9-20)30(32)33)14-22(16-28)27(31)29-26-18(2)6-5-7-19(26)3/h5-15H,4,17H2,1-3H3,(H,29,31)/b22-14-. The van der Waals surface area contributed by atoms with Crippen LogP contribution in [0.4, 0.5) is 11.4 Å². The maximum Gasteiger partial charge on any atom is 0.269 e. The normalized spacial score (nSPS) is 10.9. The van der Waals surface area contributed by atoms with Gasteiger partial charge in [-0.2, -0.15) is 5.26 Å². The zero-order valence-corrected chi connectivity index (χ0v) is 19.7. The van der Waals surface area contributed by atoms with Crippen LogP contribution in [-0.4, -0.2) is 17.4 Å². The molecule has 0 bridgehead atoms. The SMILES string of the molecule is CCOc1cc(/C=C(/C#N)C(=O)Nc2c(C)cccc2C)ccc1OCc1ccc([N+](=O)[O-])cc1. The number of amides is 1. The number of nitrogens with one attached hydrogen (secondary N) is 1. The predicted molar refractivity (Wildman–Crippen MR) is 133 cm³/mol. The molecule has 0 aliphatic rings. The fourth-order valence-electron chi connectivity index (χ4n) is 3.38. The fraction of sp³-hybridized carbons (Fsp3) is 0.185. The first-order valence-corrected chi connectivity index (χ1v) is 10.9. The van der Waals surface area contributed by atoms with Crippen molar-refractivity contribution in [1.29, 1.82) is 5.26 Å². The van der Waals surface area contributed by atoms with Crippen molar-refractivity contribution >= 4 is 23.4 Å². The molecule has 0 spiro atoms. The molecule has 8 nitrogen and oxygen atoms in total. The number of carbonyl (C=O) groups excluding carboxylic acids is 1. The number of nitro groups is 1. The van der Waals surface area contributed by atoms with E-state index in [4.69, 9.17) is 9.47 Å². The minimum atomic E-state index is -0.499. The Bertz CT molecular complexity index is 1290. The number of non-ortho nitro benzene ring substituents is 1. The third kappa shape index (κ3) is 6.45. The second kappa shape index (κ2) is 11.5. The zero-order chi connectivity index (χ0) is 25.4. The monoisotopic (exact) mass is 471 g/mol. The molecular weight excluding hydrogens is 446 g/mol. The van der Waals surface area contributed by atoms with E-state index < -0.39 is 10.8 Å². The number of nitrogens with zero attached hydrogens (tertiary/aromatic N) is 2. The summed E-state index contributed by atoms with van der Waals surface area (Å²) in [6, 6.07) is 18.9. The Labute approximate surface area is 203 Å². The van der Waals surface area contributed by atoms with Gasteiger partial charge in [-0.15, -0.1) is 0 Å². The van der Waals surface area contributed by atoms with Crippen molar-refractivity contribution in [2.75, 3.05) is 11.9 Å². The maximum atomic E-state index is 12.8. The lowest BCUT2D eigenvalue weighted by Gasteiger charge is -2.13. The second-order valence-corrected chi connectivity index (χ2v) is 7.74. The Morgan fingerprint density at radius 3 is 2.34 bits per heavy atom. The van der Waals surface area contributed by atoms with E-state index in [1.165, 1.54) is 18.2 Å². The summed E-state index contributed by atoms with van der Waals surface area (Å²) in [6.45, 7) is 6.19. The molecule has 0 unspecified atom stereocenters. The predicted octanol–water partition coefficient (Wildman–Crippen LogP) is 5.74. The van der Waals surface area contributed by atoms with Gasteiger partial charge in [-0.1, -0.05) is 24.3 Å². The number of rotatable bonds is 9. The Morgan fingerprint density at radius 1 is 1.06 bits per heavy atom. The van der Waals surface area contributed by atoms with Crippen LogP contribution in [-0.2, 0) is 11.4 Å². The van der Waals surface area contributed by atoms with Crippen molar-refractivity contribution in [1.82, 2.24) is 0 Å².